The number of phenols is 3. The number of phenolic OH excluding ortho intramolecular Hbond substituents is 3. The molecule has 22 heavy (non-hydrogen) atoms. The van der Waals surface area contributed by atoms with Crippen molar-refractivity contribution < 1.29 is 20.1 Å². The van der Waals surface area contributed by atoms with Crippen LogP contribution in [0, 0.1) is 0 Å². The van der Waals surface area contributed by atoms with Gasteiger partial charge in [-0.15, -0.1) is 0 Å². The summed E-state index contributed by atoms with van der Waals surface area (Å²) in [7, 11) is 0. The largest absolute Gasteiger partial charge is 0.508 e. The quantitative estimate of drug-likeness (QED) is 0.522. The molecule has 0 aliphatic carbocycles. The second kappa shape index (κ2) is 5.33. The second-order valence-corrected chi connectivity index (χ2v) is 6.49. The van der Waals surface area contributed by atoms with Crippen LogP contribution in [0.3, 0.4) is 0 Å². The number of benzene rings is 2. The SMILES string of the molecule is O=C1Nc2c(Br)cc(Br)cc2C1=Cc1c(O)cc(O)cc1O. The highest BCUT2D eigenvalue weighted by atomic mass is 79.9. The first-order valence-corrected chi connectivity index (χ1v) is 7.73. The van der Waals surface area contributed by atoms with Gasteiger partial charge < -0.3 is 20.6 Å². The molecule has 0 radical (unpaired) electrons. The Morgan fingerprint density at radius 3 is 2.27 bits per heavy atom. The molecule has 7 heteroatoms. The minimum Gasteiger partial charge on any atom is -0.508 e. The fourth-order valence-corrected chi connectivity index (χ4v) is 3.58. The number of aromatic hydroxyl groups is 3. The number of rotatable bonds is 1. The van der Waals surface area contributed by atoms with E-state index in [9.17, 15) is 20.1 Å². The van der Waals surface area contributed by atoms with Crippen molar-refractivity contribution >= 4 is 55.1 Å². The van der Waals surface area contributed by atoms with E-state index < -0.39 is 0 Å². The Morgan fingerprint density at radius 1 is 1.00 bits per heavy atom. The van der Waals surface area contributed by atoms with E-state index in [2.05, 4.69) is 37.2 Å². The molecule has 1 aliphatic heterocycles. The van der Waals surface area contributed by atoms with Crippen LogP contribution in [-0.4, -0.2) is 21.2 Å². The third kappa shape index (κ3) is 2.46. The Kier molecular flexibility index (Phi) is 3.62. The molecule has 2 aromatic rings. The smallest absolute Gasteiger partial charge is 0.256 e. The summed E-state index contributed by atoms with van der Waals surface area (Å²) in [6, 6.07) is 5.75. The third-order valence-electron chi connectivity index (χ3n) is 3.24. The first kappa shape index (κ1) is 14.9. The van der Waals surface area contributed by atoms with Gasteiger partial charge in [-0.1, -0.05) is 15.9 Å². The minimum absolute atomic E-state index is 0.0619. The topological polar surface area (TPSA) is 89.8 Å². The number of carbonyl (C=O) groups is 1. The van der Waals surface area contributed by atoms with E-state index in [0.29, 0.717) is 21.3 Å². The maximum absolute atomic E-state index is 12.2. The van der Waals surface area contributed by atoms with Crippen molar-refractivity contribution in [3.05, 3.63) is 44.3 Å². The van der Waals surface area contributed by atoms with Gasteiger partial charge in [-0.25, -0.2) is 0 Å². The molecule has 0 bridgehead atoms. The monoisotopic (exact) mass is 425 g/mol. The van der Waals surface area contributed by atoms with E-state index in [1.807, 2.05) is 0 Å². The summed E-state index contributed by atoms with van der Waals surface area (Å²) in [6.07, 6.45) is 1.38. The third-order valence-corrected chi connectivity index (χ3v) is 4.32. The molecule has 0 saturated carbocycles. The van der Waals surface area contributed by atoms with Gasteiger partial charge in [-0.05, 0) is 34.1 Å². The zero-order chi connectivity index (χ0) is 16.0. The van der Waals surface area contributed by atoms with Crippen molar-refractivity contribution in [2.75, 3.05) is 5.32 Å². The fraction of sp³-hybridized carbons (Fsp3) is 0. The van der Waals surface area contributed by atoms with Crippen LogP contribution in [0.2, 0.25) is 0 Å². The lowest BCUT2D eigenvalue weighted by Crippen LogP contribution is -2.03. The number of anilines is 1. The summed E-state index contributed by atoms with van der Waals surface area (Å²) in [5, 5.41) is 31.8. The minimum atomic E-state index is -0.347. The summed E-state index contributed by atoms with van der Waals surface area (Å²) in [5.41, 5.74) is 1.62. The number of carbonyl (C=O) groups excluding carboxylic acids is 1. The standard InChI is InChI=1S/C15H9Br2NO4/c16-6-1-8-9(15(22)18-14(8)11(17)2-6)5-10-12(20)3-7(19)4-13(10)21/h1-5,19-21H,(H,18,22). The molecule has 0 saturated heterocycles. The molecular formula is C15H9Br2NO4. The van der Waals surface area contributed by atoms with Crippen LogP contribution in [-0.2, 0) is 4.79 Å². The summed E-state index contributed by atoms with van der Waals surface area (Å²) in [6.45, 7) is 0. The Bertz CT molecular complexity index is 823. The summed E-state index contributed by atoms with van der Waals surface area (Å²) < 4.78 is 1.49. The lowest BCUT2D eigenvalue weighted by Gasteiger charge is -2.06. The molecule has 0 unspecified atom stereocenters. The van der Waals surface area contributed by atoms with Crippen LogP contribution in [0.5, 0.6) is 17.2 Å². The van der Waals surface area contributed by atoms with Gasteiger partial charge in [0.2, 0.25) is 0 Å². The number of halogens is 2. The van der Waals surface area contributed by atoms with Crippen molar-refractivity contribution in [2.24, 2.45) is 0 Å². The van der Waals surface area contributed by atoms with Gasteiger partial charge in [0.25, 0.3) is 5.91 Å². The number of hydrogen-bond donors (Lipinski definition) is 4. The molecule has 0 atom stereocenters. The van der Waals surface area contributed by atoms with E-state index in [0.717, 1.165) is 16.6 Å². The molecule has 4 N–H and O–H groups in total. The van der Waals surface area contributed by atoms with E-state index in [1.165, 1.54) is 6.08 Å². The lowest BCUT2D eigenvalue weighted by atomic mass is 10.0. The van der Waals surface area contributed by atoms with E-state index in [1.54, 1.807) is 12.1 Å². The average molecular weight is 427 g/mol. The van der Waals surface area contributed by atoms with Gasteiger partial charge in [-0.2, -0.15) is 0 Å². The lowest BCUT2D eigenvalue weighted by molar-refractivity contribution is -0.110. The molecule has 1 amide bonds. The average Bonchev–Trinajstić information content (AvgIpc) is 2.70. The van der Waals surface area contributed by atoms with Crippen LogP contribution in [0.4, 0.5) is 5.69 Å². The Hall–Kier alpha value is -1.99. The Labute approximate surface area is 142 Å². The molecule has 3 rings (SSSR count). The molecule has 0 spiro atoms. The van der Waals surface area contributed by atoms with Gasteiger partial charge in [0.1, 0.15) is 17.2 Å². The first-order valence-electron chi connectivity index (χ1n) is 6.14. The van der Waals surface area contributed by atoms with Crippen LogP contribution in [0.15, 0.2) is 33.2 Å². The summed E-state index contributed by atoms with van der Waals surface area (Å²) >= 11 is 6.73. The predicted molar refractivity (Wildman–Crippen MR) is 89.8 cm³/mol. The number of hydrogen-bond acceptors (Lipinski definition) is 4. The summed E-state index contributed by atoms with van der Waals surface area (Å²) in [5.74, 6) is -1.25. The maximum Gasteiger partial charge on any atom is 0.256 e. The first-order chi connectivity index (χ1) is 10.4. The molecule has 0 aromatic heterocycles. The highest BCUT2D eigenvalue weighted by molar-refractivity contribution is 9.11. The zero-order valence-electron chi connectivity index (χ0n) is 10.9. The second-order valence-electron chi connectivity index (χ2n) is 4.72. The molecule has 112 valence electrons. The molecule has 2 aromatic carbocycles. The van der Waals surface area contributed by atoms with Crippen molar-refractivity contribution in [2.45, 2.75) is 0 Å². The van der Waals surface area contributed by atoms with E-state index in [4.69, 9.17) is 0 Å². The van der Waals surface area contributed by atoms with Crippen molar-refractivity contribution in [1.82, 2.24) is 0 Å². The van der Waals surface area contributed by atoms with Crippen LogP contribution < -0.4 is 5.32 Å². The predicted octanol–water partition coefficient (Wildman–Crippen LogP) is 3.82. The normalized spacial score (nSPS) is 15.0. The van der Waals surface area contributed by atoms with Gasteiger partial charge in [-0.3, -0.25) is 4.79 Å². The van der Waals surface area contributed by atoms with Crippen molar-refractivity contribution in [3.8, 4) is 17.2 Å². The Balaban J connectivity index is 2.21. The van der Waals surface area contributed by atoms with E-state index >= 15 is 0 Å². The molecule has 1 aliphatic rings. The highest BCUT2D eigenvalue weighted by Crippen LogP contribution is 2.42. The fourth-order valence-electron chi connectivity index (χ4n) is 2.26. The van der Waals surface area contributed by atoms with Gasteiger partial charge in [0.05, 0.1) is 11.3 Å². The van der Waals surface area contributed by atoms with Gasteiger partial charge >= 0.3 is 0 Å². The van der Waals surface area contributed by atoms with Crippen LogP contribution >= 0.6 is 31.9 Å². The van der Waals surface area contributed by atoms with E-state index in [-0.39, 0.29) is 28.7 Å². The number of amides is 1. The Morgan fingerprint density at radius 2 is 1.64 bits per heavy atom. The van der Waals surface area contributed by atoms with Gasteiger partial charge in [0, 0.05) is 32.2 Å². The highest BCUT2D eigenvalue weighted by Gasteiger charge is 2.27. The molecule has 0 fully saturated rings. The molecule has 5 nitrogen and oxygen atoms in total. The van der Waals surface area contributed by atoms with Crippen LogP contribution in [0.25, 0.3) is 11.6 Å². The van der Waals surface area contributed by atoms with Crippen molar-refractivity contribution in [1.29, 1.82) is 0 Å². The zero-order valence-corrected chi connectivity index (χ0v) is 14.1. The van der Waals surface area contributed by atoms with Gasteiger partial charge in [0.15, 0.2) is 0 Å². The van der Waals surface area contributed by atoms with Crippen LogP contribution in [0.1, 0.15) is 11.1 Å². The molecule has 1 heterocycles. The maximum atomic E-state index is 12.2. The molecular weight excluding hydrogens is 418 g/mol. The number of fused-ring (bicyclic) bond motifs is 1. The number of nitrogens with one attached hydrogen (secondary N) is 1. The van der Waals surface area contributed by atoms with Crippen molar-refractivity contribution in [3.63, 3.8) is 0 Å². The summed E-state index contributed by atoms with van der Waals surface area (Å²) in [4.78, 5) is 12.2.